The van der Waals surface area contributed by atoms with E-state index in [1.807, 2.05) is 0 Å². The van der Waals surface area contributed by atoms with Crippen LogP contribution in [0, 0.1) is 0 Å². The van der Waals surface area contributed by atoms with Crippen LogP contribution in [0.25, 0.3) is 10.9 Å². The molecule has 1 atom stereocenters. The van der Waals surface area contributed by atoms with Crippen LogP contribution in [0.2, 0.25) is 0 Å². The summed E-state index contributed by atoms with van der Waals surface area (Å²) in [6.07, 6.45) is -4.41. The van der Waals surface area contributed by atoms with Crippen LogP contribution in [-0.2, 0) is 22.8 Å². The molecule has 2 aromatic rings. The summed E-state index contributed by atoms with van der Waals surface area (Å²) in [5.74, 6) is -0.646. The average Bonchev–Trinajstić information content (AvgIpc) is 2.73. The van der Waals surface area contributed by atoms with Gasteiger partial charge in [0.25, 0.3) is 0 Å². The van der Waals surface area contributed by atoms with E-state index in [1.54, 1.807) is 11.6 Å². The van der Waals surface area contributed by atoms with Gasteiger partial charge in [-0.25, -0.2) is 4.79 Å². The van der Waals surface area contributed by atoms with E-state index < -0.39 is 23.8 Å². The smallest absolute Gasteiger partial charge is 0.416 e. The lowest BCUT2D eigenvalue weighted by molar-refractivity contribution is -0.142. The minimum absolute atomic E-state index is 0.372. The number of hydrogen-bond acceptors (Lipinski definition) is 3. The van der Waals surface area contributed by atoms with Gasteiger partial charge in [-0.2, -0.15) is 13.2 Å². The summed E-state index contributed by atoms with van der Waals surface area (Å²) in [4.78, 5) is 11.4. The lowest BCUT2D eigenvalue weighted by Gasteiger charge is -2.10. The molecule has 0 saturated heterocycles. The summed E-state index contributed by atoms with van der Waals surface area (Å²) in [6, 6.07) is 3.81. The number of nitrogens with two attached hydrogens (primary N) is 1. The van der Waals surface area contributed by atoms with Crippen molar-refractivity contribution in [2.45, 2.75) is 12.2 Å². The lowest BCUT2D eigenvalue weighted by atomic mass is 10.1. The fraction of sp³-hybridized carbons (Fsp3) is 0.308. The predicted octanol–water partition coefficient (Wildman–Crippen LogP) is 2.37. The molecular weight excluding hydrogens is 273 g/mol. The van der Waals surface area contributed by atoms with E-state index >= 15 is 0 Å². The normalized spacial score (nSPS) is 13.5. The molecule has 1 aromatic carbocycles. The third-order valence-electron chi connectivity index (χ3n) is 3.18. The van der Waals surface area contributed by atoms with E-state index in [0.717, 1.165) is 12.1 Å². The predicted molar refractivity (Wildman–Crippen MR) is 66.9 cm³/mol. The quantitative estimate of drug-likeness (QED) is 0.862. The highest BCUT2D eigenvalue weighted by Crippen LogP contribution is 2.32. The second-order valence-electron chi connectivity index (χ2n) is 4.40. The second-order valence-corrected chi connectivity index (χ2v) is 4.40. The van der Waals surface area contributed by atoms with Crippen molar-refractivity contribution < 1.29 is 22.7 Å². The van der Waals surface area contributed by atoms with Gasteiger partial charge in [0.05, 0.1) is 12.7 Å². The average molecular weight is 286 g/mol. The number of esters is 1. The Morgan fingerprint density at radius 3 is 2.55 bits per heavy atom. The summed E-state index contributed by atoms with van der Waals surface area (Å²) in [6.45, 7) is 0. The van der Waals surface area contributed by atoms with Crippen molar-refractivity contribution in [2.24, 2.45) is 12.8 Å². The number of rotatable bonds is 2. The maximum atomic E-state index is 12.7. The maximum Gasteiger partial charge on any atom is 0.416 e. The van der Waals surface area contributed by atoms with Gasteiger partial charge in [0, 0.05) is 23.6 Å². The number of nitrogens with zero attached hydrogens (tertiary/aromatic N) is 1. The highest BCUT2D eigenvalue weighted by Gasteiger charge is 2.31. The zero-order valence-corrected chi connectivity index (χ0v) is 10.9. The number of ether oxygens (including phenoxy) is 1. The van der Waals surface area contributed by atoms with Crippen LogP contribution in [0.15, 0.2) is 24.3 Å². The number of alkyl halides is 3. The molecule has 0 saturated carbocycles. The van der Waals surface area contributed by atoms with Gasteiger partial charge >= 0.3 is 12.1 Å². The summed E-state index contributed by atoms with van der Waals surface area (Å²) in [5, 5.41) is 0.372. The van der Waals surface area contributed by atoms with Crippen molar-refractivity contribution in [3.8, 4) is 0 Å². The first kappa shape index (κ1) is 14.4. The number of benzene rings is 1. The van der Waals surface area contributed by atoms with Crippen molar-refractivity contribution >= 4 is 16.9 Å². The van der Waals surface area contributed by atoms with E-state index in [0.29, 0.717) is 16.6 Å². The molecule has 0 aliphatic carbocycles. The standard InChI is InChI=1S/C13H13F3N2O2/c1-18-9-4-3-8(13(14,15)16)5-7(9)6-10(18)11(17)12(19)20-2/h3-6,11H,17H2,1-2H3. The molecule has 0 spiro atoms. The Hall–Kier alpha value is -2.02. The monoisotopic (exact) mass is 286 g/mol. The van der Waals surface area contributed by atoms with Crippen LogP contribution >= 0.6 is 0 Å². The lowest BCUT2D eigenvalue weighted by Crippen LogP contribution is -2.24. The van der Waals surface area contributed by atoms with Crippen LogP contribution in [0.1, 0.15) is 17.3 Å². The molecule has 7 heteroatoms. The van der Waals surface area contributed by atoms with E-state index in [9.17, 15) is 18.0 Å². The Balaban J connectivity index is 2.55. The first-order valence-electron chi connectivity index (χ1n) is 5.75. The van der Waals surface area contributed by atoms with E-state index in [-0.39, 0.29) is 0 Å². The van der Waals surface area contributed by atoms with Gasteiger partial charge in [0.1, 0.15) is 6.04 Å². The van der Waals surface area contributed by atoms with Gasteiger partial charge in [-0.15, -0.1) is 0 Å². The van der Waals surface area contributed by atoms with Crippen molar-refractivity contribution in [1.29, 1.82) is 0 Å². The number of aryl methyl sites for hydroxylation is 1. The molecule has 0 radical (unpaired) electrons. The molecule has 1 aromatic heterocycles. The molecule has 0 fully saturated rings. The van der Waals surface area contributed by atoms with Crippen molar-refractivity contribution in [3.63, 3.8) is 0 Å². The molecule has 1 unspecified atom stereocenters. The molecule has 0 amide bonds. The Kier molecular flexibility index (Phi) is 3.47. The molecule has 0 aliphatic rings. The zero-order chi connectivity index (χ0) is 15.1. The molecule has 20 heavy (non-hydrogen) atoms. The number of halogens is 3. The van der Waals surface area contributed by atoms with E-state index in [1.165, 1.54) is 19.2 Å². The van der Waals surface area contributed by atoms with Gasteiger partial charge in [-0.05, 0) is 24.3 Å². The highest BCUT2D eigenvalue weighted by molar-refractivity contribution is 5.85. The summed E-state index contributed by atoms with van der Waals surface area (Å²) in [7, 11) is 2.83. The van der Waals surface area contributed by atoms with Crippen LogP contribution in [0.4, 0.5) is 13.2 Å². The van der Waals surface area contributed by atoms with Crippen molar-refractivity contribution in [2.75, 3.05) is 7.11 Å². The van der Waals surface area contributed by atoms with Crippen LogP contribution < -0.4 is 5.73 Å². The topological polar surface area (TPSA) is 57.2 Å². The third-order valence-corrected chi connectivity index (χ3v) is 3.18. The van der Waals surface area contributed by atoms with E-state index in [2.05, 4.69) is 4.74 Å². The molecule has 2 N–H and O–H groups in total. The molecule has 4 nitrogen and oxygen atoms in total. The second kappa shape index (κ2) is 4.82. The fourth-order valence-corrected chi connectivity index (χ4v) is 2.09. The van der Waals surface area contributed by atoms with Crippen molar-refractivity contribution in [3.05, 3.63) is 35.5 Å². The van der Waals surface area contributed by atoms with Crippen LogP contribution in [0.5, 0.6) is 0 Å². The zero-order valence-electron chi connectivity index (χ0n) is 10.9. The Morgan fingerprint density at radius 2 is 2.00 bits per heavy atom. The molecule has 0 aliphatic heterocycles. The molecule has 108 valence electrons. The van der Waals surface area contributed by atoms with Crippen molar-refractivity contribution in [1.82, 2.24) is 4.57 Å². The van der Waals surface area contributed by atoms with Crippen LogP contribution in [0.3, 0.4) is 0 Å². The molecular formula is C13H13F3N2O2. The number of carbonyl (C=O) groups is 1. The van der Waals surface area contributed by atoms with Crippen LogP contribution in [-0.4, -0.2) is 17.6 Å². The van der Waals surface area contributed by atoms with Gasteiger partial charge in [-0.1, -0.05) is 0 Å². The van der Waals surface area contributed by atoms with E-state index in [4.69, 9.17) is 5.73 Å². The van der Waals surface area contributed by atoms with Gasteiger partial charge < -0.3 is 15.0 Å². The SMILES string of the molecule is COC(=O)C(N)c1cc2cc(C(F)(F)F)ccc2n1C. The first-order valence-corrected chi connectivity index (χ1v) is 5.75. The minimum Gasteiger partial charge on any atom is -0.468 e. The van der Waals surface area contributed by atoms with Gasteiger partial charge in [0.2, 0.25) is 0 Å². The number of carbonyl (C=O) groups excluding carboxylic acids is 1. The minimum atomic E-state index is -4.41. The number of hydrogen-bond donors (Lipinski definition) is 1. The number of fused-ring (bicyclic) bond motifs is 1. The molecule has 0 bridgehead atoms. The Bertz CT molecular complexity index is 661. The summed E-state index contributed by atoms with van der Waals surface area (Å²) in [5.41, 5.74) is 5.94. The first-order chi connectivity index (χ1) is 9.25. The van der Waals surface area contributed by atoms with Gasteiger partial charge in [0.15, 0.2) is 0 Å². The summed E-state index contributed by atoms with van der Waals surface area (Å²) < 4.78 is 44.1. The number of methoxy groups -OCH3 is 1. The highest BCUT2D eigenvalue weighted by atomic mass is 19.4. The Labute approximate surface area is 112 Å². The summed E-state index contributed by atoms with van der Waals surface area (Å²) >= 11 is 0. The fourth-order valence-electron chi connectivity index (χ4n) is 2.09. The molecule has 1 heterocycles. The molecule has 2 rings (SSSR count). The largest absolute Gasteiger partial charge is 0.468 e. The Morgan fingerprint density at radius 1 is 1.35 bits per heavy atom. The number of aromatic nitrogens is 1. The van der Waals surface area contributed by atoms with Gasteiger partial charge in [-0.3, -0.25) is 0 Å². The third kappa shape index (κ3) is 2.36. The maximum absolute atomic E-state index is 12.7.